The molecule has 1 N–H and O–H groups in total. The van der Waals surface area contributed by atoms with Crippen LogP contribution in [0.1, 0.15) is 5.82 Å². The summed E-state index contributed by atoms with van der Waals surface area (Å²) in [5.74, 6) is 1.38. The summed E-state index contributed by atoms with van der Waals surface area (Å²) >= 11 is 7.45. The Balaban J connectivity index is 1.86. The quantitative estimate of drug-likeness (QED) is 0.629. The fourth-order valence-corrected chi connectivity index (χ4v) is 3.26. The number of thioether (sulfide) groups is 1. The van der Waals surface area contributed by atoms with Gasteiger partial charge in [-0.3, -0.25) is 9.36 Å². The SMILES string of the molecule is CNC(=O)CSc1nnc(COc2ccccc2Cl)n1-c1ccccc1. The first kappa shape index (κ1) is 18.3. The van der Waals surface area contributed by atoms with Crippen LogP contribution in [-0.2, 0) is 11.4 Å². The minimum absolute atomic E-state index is 0.0773. The van der Waals surface area contributed by atoms with Gasteiger partial charge in [-0.15, -0.1) is 10.2 Å². The van der Waals surface area contributed by atoms with E-state index in [4.69, 9.17) is 16.3 Å². The van der Waals surface area contributed by atoms with Crippen molar-refractivity contribution in [3.63, 3.8) is 0 Å². The lowest BCUT2D eigenvalue weighted by molar-refractivity contribution is -0.118. The first-order valence-corrected chi connectivity index (χ1v) is 9.26. The van der Waals surface area contributed by atoms with Crippen LogP contribution in [0.4, 0.5) is 0 Å². The number of aromatic nitrogens is 3. The molecule has 0 saturated heterocycles. The van der Waals surface area contributed by atoms with E-state index >= 15 is 0 Å². The summed E-state index contributed by atoms with van der Waals surface area (Å²) in [6, 6.07) is 17.0. The molecule has 0 aliphatic rings. The minimum Gasteiger partial charge on any atom is -0.484 e. The number of carbonyl (C=O) groups excluding carboxylic acids is 1. The molecule has 0 atom stereocenters. The maximum atomic E-state index is 11.6. The standard InChI is InChI=1S/C18H17ClN4O2S/c1-20-17(24)12-26-18-22-21-16(23(18)13-7-3-2-4-8-13)11-25-15-10-6-5-9-14(15)19/h2-10H,11-12H2,1H3,(H,20,24). The molecule has 0 aliphatic heterocycles. The van der Waals surface area contributed by atoms with Crippen LogP contribution in [0.3, 0.4) is 0 Å². The summed E-state index contributed by atoms with van der Waals surface area (Å²) in [6.45, 7) is 0.201. The van der Waals surface area contributed by atoms with E-state index in [1.54, 1.807) is 19.2 Å². The van der Waals surface area contributed by atoms with Gasteiger partial charge in [-0.2, -0.15) is 0 Å². The van der Waals surface area contributed by atoms with Gasteiger partial charge in [-0.05, 0) is 24.3 Å². The number of nitrogens with zero attached hydrogens (tertiary/aromatic N) is 3. The number of carbonyl (C=O) groups is 1. The van der Waals surface area contributed by atoms with Crippen molar-refractivity contribution in [1.82, 2.24) is 20.1 Å². The molecule has 0 saturated carbocycles. The lowest BCUT2D eigenvalue weighted by Crippen LogP contribution is -2.20. The van der Waals surface area contributed by atoms with Gasteiger partial charge < -0.3 is 10.1 Å². The topological polar surface area (TPSA) is 69.0 Å². The van der Waals surface area contributed by atoms with Gasteiger partial charge in [0, 0.05) is 12.7 Å². The van der Waals surface area contributed by atoms with E-state index in [0.29, 0.717) is 21.8 Å². The van der Waals surface area contributed by atoms with E-state index in [0.717, 1.165) is 5.69 Å². The third-order valence-corrected chi connectivity index (χ3v) is 4.76. The fourth-order valence-electron chi connectivity index (χ4n) is 2.23. The number of amides is 1. The number of hydrogen-bond acceptors (Lipinski definition) is 5. The van der Waals surface area contributed by atoms with E-state index in [9.17, 15) is 4.79 Å². The second kappa shape index (κ2) is 8.73. The number of nitrogens with one attached hydrogen (secondary N) is 1. The molecule has 0 bridgehead atoms. The van der Waals surface area contributed by atoms with Gasteiger partial charge in [-0.1, -0.05) is 53.7 Å². The predicted octanol–water partition coefficient (Wildman–Crippen LogP) is 3.34. The Morgan fingerprint density at radius 1 is 1.15 bits per heavy atom. The molecular weight excluding hydrogens is 372 g/mol. The maximum Gasteiger partial charge on any atom is 0.230 e. The number of benzene rings is 2. The smallest absolute Gasteiger partial charge is 0.230 e. The summed E-state index contributed by atoms with van der Waals surface area (Å²) in [6.07, 6.45) is 0. The van der Waals surface area contributed by atoms with E-state index in [2.05, 4.69) is 15.5 Å². The molecule has 1 heterocycles. The molecule has 1 aromatic heterocycles. The maximum absolute atomic E-state index is 11.6. The molecule has 3 rings (SSSR count). The van der Waals surface area contributed by atoms with Gasteiger partial charge in [0.05, 0.1) is 10.8 Å². The highest BCUT2D eigenvalue weighted by molar-refractivity contribution is 7.99. The highest BCUT2D eigenvalue weighted by atomic mass is 35.5. The second-order valence-electron chi connectivity index (χ2n) is 5.25. The normalized spacial score (nSPS) is 10.5. The average Bonchev–Trinajstić information content (AvgIpc) is 3.09. The van der Waals surface area contributed by atoms with Crippen molar-refractivity contribution in [3.8, 4) is 11.4 Å². The molecule has 2 aromatic carbocycles. The first-order chi connectivity index (χ1) is 12.7. The molecule has 26 heavy (non-hydrogen) atoms. The van der Waals surface area contributed by atoms with Gasteiger partial charge in [0.1, 0.15) is 12.4 Å². The largest absolute Gasteiger partial charge is 0.484 e. The van der Waals surface area contributed by atoms with Crippen molar-refractivity contribution < 1.29 is 9.53 Å². The van der Waals surface area contributed by atoms with Crippen molar-refractivity contribution in [1.29, 1.82) is 0 Å². The van der Waals surface area contributed by atoms with Crippen molar-refractivity contribution in [2.75, 3.05) is 12.8 Å². The van der Waals surface area contributed by atoms with Crippen LogP contribution in [0.5, 0.6) is 5.75 Å². The highest BCUT2D eigenvalue weighted by Gasteiger charge is 2.16. The summed E-state index contributed by atoms with van der Waals surface area (Å²) in [7, 11) is 1.60. The Morgan fingerprint density at radius 3 is 2.62 bits per heavy atom. The number of hydrogen-bond donors (Lipinski definition) is 1. The van der Waals surface area contributed by atoms with Crippen LogP contribution in [0.2, 0.25) is 5.02 Å². The lowest BCUT2D eigenvalue weighted by Gasteiger charge is -2.11. The van der Waals surface area contributed by atoms with Crippen LogP contribution in [0.15, 0.2) is 59.8 Å². The monoisotopic (exact) mass is 388 g/mol. The molecule has 3 aromatic rings. The Hall–Kier alpha value is -2.51. The Morgan fingerprint density at radius 2 is 1.88 bits per heavy atom. The Kier molecular flexibility index (Phi) is 6.14. The van der Waals surface area contributed by atoms with Gasteiger partial charge in [0.25, 0.3) is 0 Å². The zero-order valence-electron chi connectivity index (χ0n) is 14.1. The van der Waals surface area contributed by atoms with Crippen LogP contribution in [-0.4, -0.2) is 33.5 Å². The van der Waals surface area contributed by atoms with E-state index in [-0.39, 0.29) is 18.3 Å². The van der Waals surface area contributed by atoms with Crippen LogP contribution >= 0.6 is 23.4 Å². The zero-order valence-corrected chi connectivity index (χ0v) is 15.6. The molecule has 0 aliphatic carbocycles. The molecule has 0 radical (unpaired) electrons. The molecule has 0 fully saturated rings. The lowest BCUT2D eigenvalue weighted by atomic mass is 10.3. The fraction of sp³-hybridized carbons (Fsp3) is 0.167. The number of ether oxygens (including phenoxy) is 1. The summed E-state index contributed by atoms with van der Waals surface area (Å²) in [5, 5.41) is 12.2. The number of halogens is 1. The van der Waals surface area contributed by atoms with Gasteiger partial charge >= 0.3 is 0 Å². The number of rotatable bonds is 7. The summed E-state index contributed by atoms with van der Waals surface area (Å²) in [4.78, 5) is 11.6. The van der Waals surface area contributed by atoms with Crippen LogP contribution < -0.4 is 10.1 Å². The molecule has 6 nitrogen and oxygen atoms in total. The van der Waals surface area contributed by atoms with Crippen molar-refractivity contribution in [3.05, 3.63) is 65.4 Å². The van der Waals surface area contributed by atoms with Gasteiger partial charge in [0.2, 0.25) is 5.91 Å². The van der Waals surface area contributed by atoms with Crippen LogP contribution in [0, 0.1) is 0 Å². The molecule has 134 valence electrons. The van der Waals surface area contributed by atoms with E-state index < -0.39 is 0 Å². The zero-order chi connectivity index (χ0) is 18.4. The highest BCUT2D eigenvalue weighted by Crippen LogP contribution is 2.26. The summed E-state index contributed by atoms with van der Waals surface area (Å²) in [5.41, 5.74) is 0.898. The molecule has 0 spiro atoms. The first-order valence-electron chi connectivity index (χ1n) is 7.89. The van der Waals surface area contributed by atoms with E-state index in [1.165, 1.54) is 11.8 Å². The second-order valence-corrected chi connectivity index (χ2v) is 6.60. The third kappa shape index (κ3) is 4.36. The Labute approximate surface area is 160 Å². The van der Waals surface area contributed by atoms with Crippen LogP contribution in [0.25, 0.3) is 5.69 Å². The molecule has 1 amide bonds. The third-order valence-electron chi connectivity index (χ3n) is 3.52. The Bertz CT molecular complexity index is 886. The minimum atomic E-state index is -0.0773. The van der Waals surface area contributed by atoms with E-state index in [1.807, 2.05) is 47.0 Å². The number of para-hydroxylation sites is 2. The molecule has 0 unspecified atom stereocenters. The van der Waals surface area contributed by atoms with Crippen molar-refractivity contribution in [2.45, 2.75) is 11.8 Å². The average molecular weight is 389 g/mol. The molecule has 8 heteroatoms. The van der Waals surface area contributed by atoms with Crippen molar-refractivity contribution in [2.24, 2.45) is 0 Å². The predicted molar refractivity (Wildman–Crippen MR) is 102 cm³/mol. The van der Waals surface area contributed by atoms with Gasteiger partial charge in [-0.25, -0.2) is 0 Å². The van der Waals surface area contributed by atoms with Crippen molar-refractivity contribution >= 4 is 29.3 Å². The van der Waals surface area contributed by atoms with Gasteiger partial charge in [0.15, 0.2) is 11.0 Å². The summed E-state index contributed by atoms with van der Waals surface area (Å²) < 4.78 is 7.68. The molecular formula is C18H17ClN4O2S.